The van der Waals surface area contributed by atoms with Crippen molar-refractivity contribution in [3.63, 3.8) is 0 Å². The van der Waals surface area contributed by atoms with E-state index in [1.54, 1.807) is 6.07 Å². The molecule has 0 spiro atoms. The van der Waals surface area contributed by atoms with Crippen LogP contribution in [0.1, 0.15) is 31.0 Å². The first-order valence-electron chi connectivity index (χ1n) is 6.78. The number of nitrogens with one attached hydrogen (secondary N) is 1. The molecule has 1 N–H and O–H groups in total. The Labute approximate surface area is 123 Å². The highest BCUT2D eigenvalue weighted by atomic mass is 19.1. The second-order valence-corrected chi connectivity index (χ2v) is 5.10. The predicted octanol–water partition coefficient (Wildman–Crippen LogP) is 3.99. The number of nitrogens with zero attached hydrogens (tertiary/aromatic N) is 1. The molecule has 0 aliphatic heterocycles. The molecule has 1 aromatic carbocycles. The van der Waals surface area contributed by atoms with Gasteiger partial charge in [0.05, 0.1) is 0 Å². The molecule has 0 bridgehead atoms. The maximum Gasteiger partial charge on any atom is 0.219 e. The molecule has 0 aliphatic carbocycles. The van der Waals surface area contributed by atoms with E-state index in [4.69, 9.17) is 4.74 Å². The van der Waals surface area contributed by atoms with E-state index in [2.05, 4.69) is 10.3 Å². The van der Waals surface area contributed by atoms with Crippen molar-refractivity contribution in [3.05, 3.63) is 53.2 Å². The Balaban J connectivity index is 2.33. The molecule has 21 heavy (non-hydrogen) atoms. The van der Waals surface area contributed by atoms with Crippen LogP contribution in [-0.4, -0.2) is 12.0 Å². The van der Waals surface area contributed by atoms with Crippen LogP contribution in [0.25, 0.3) is 0 Å². The smallest absolute Gasteiger partial charge is 0.219 e. The first-order chi connectivity index (χ1) is 9.99. The number of halogens is 2. The normalized spacial score (nSPS) is 11.0. The molecule has 0 radical (unpaired) electrons. The van der Waals surface area contributed by atoms with Gasteiger partial charge in [0, 0.05) is 24.4 Å². The zero-order valence-electron chi connectivity index (χ0n) is 12.3. The Bertz CT molecular complexity index is 630. The van der Waals surface area contributed by atoms with Gasteiger partial charge < -0.3 is 10.1 Å². The molecule has 3 nitrogen and oxygen atoms in total. The average molecular weight is 292 g/mol. The third-order valence-corrected chi connectivity index (χ3v) is 2.96. The van der Waals surface area contributed by atoms with E-state index in [9.17, 15) is 8.78 Å². The second-order valence-electron chi connectivity index (χ2n) is 5.10. The van der Waals surface area contributed by atoms with E-state index < -0.39 is 11.6 Å². The van der Waals surface area contributed by atoms with E-state index in [0.717, 1.165) is 23.4 Å². The van der Waals surface area contributed by atoms with Crippen molar-refractivity contribution in [3.8, 4) is 11.6 Å². The van der Waals surface area contributed by atoms with Crippen LogP contribution < -0.4 is 10.1 Å². The molecule has 2 aromatic rings. The molecule has 1 aromatic heterocycles. The van der Waals surface area contributed by atoms with Crippen molar-refractivity contribution in [2.24, 2.45) is 0 Å². The summed E-state index contributed by atoms with van der Waals surface area (Å²) < 4.78 is 32.0. The third-order valence-electron chi connectivity index (χ3n) is 2.96. The summed E-state index contributed by atoms with van der Waals surface area (Å²) in [6.07, 6.45) is 0. The summed E-state index contributed by atoms with van der Waals surface area (Å²) in [7, 11) is 1.84. The van der Waals surface area contributed by atoms with Gasteiger partial charge in [-0.2, -0.15) is 0 Å². The van der Waals surface area contributed by atoms with Crippen molar-refractivity contribution in [2.45, 2.75) is 26.3 Å². The fourth-order valence-electron chi connectivity index (χ4n) is 1.91. The highest BCUT2D eigenvalue weighted by molar-refractivity contribution is 5.32. The van der Waals surface area contributed by atoms with E-state index >= 15 is 0 Å². The number of aromatic nitrogens is 1. The van der Waals surface area contributed by atoms with Gasteiger partial charge in [0.1, 0.15) is 5.82 Å². The fourth-order valence-corrected chi connectivity index (χ4v) is 1.91. The van der Waals surface area contributed by atoms with Crippen molar-refractivity contribution in [1.29, 1.82) is 0 Å². The van der Waals surface area contributed by atoms with Gasteiger partial charge in [0.25, 0.3) is 0 Å². The van der Waals surface area contributed by atoms with Gasteiger partial charge in [-0.1, -0.05) is 13.8 Å². The van der Waals surface area contributed by atoms with Gasteiger partial charge in [-0.25, -0.2) is 13.8 Å². The van der Waals surface area contributed by atoms with Gasteiger partial charge in [-0.3, -0.25) is 0 Å². The lowest BCUT2D eigenvalue weighted by Crippen LogP contribution is -2.07. The molecule has 2 rings (SSSR count). The minimum Gasteiger partial charge on any atom is -0.436 e. The van der Waals surface area contributed by atoms with Crippen molar-refractivity contribution >= 4 is 0 Å². The predicted molar refractivity (Wildman–Crippen MR) is 77.5 cm³/mol. The van der Waals surface area contributed by atoms with Gasteiger partial charge in [-0.05, 0) is 36.7 Å². The van der Waals surface area contributed by atoms with Gasteiger partial charge in [0.15, 0.2) is 11.6 Å². The Morgan fingerprint density at radius 3 is 2.57 bits per heavy atom. The van der Waals surface area contributed by atoms with Gasteiger partial charge in [0.2, 0.25) is 5.88 Å². The second kappa shape index (κ2) is 6.63. The highest BCUT2D eigenvalue weighted by Gasteiger charge is 2.11. The molecule has 0 aliphatic rings. The molecule has 1 heterocycles. The maximum atomic E-state index is 13.6. The standard InChI is InChI=1S/C16H18F2N2O/c1-10(2)14-6-11(9-19-3)7-16(20-14)21-15-5-4-12(17)8-13(15)18/h4-8,10,19H,9H2,1-3H3. The number of ether oxygens (including phenoxy) is 1. The first kappa shape index (κ1) is 15.4. The number of benzene rings is 1. The minimum atomic E-state index is -0.748. The number of hydrogen-bond acceptors (Lipinski definition) is 3. The van der Waals surface area contributed by atoms with Crippen LogP contribution >= 0.6 is 0 Å². The lowest BCUT2D eigenvalue weighted by Gasteiger charge is -2.12. The van der Waals surface area contributed by atoms with Crippen LogP contribution in [0.15, 0.2) is 30.3 Å². The summed E-state index contributed by atoms with van der Waals surface area (Å²) in [5.41, 5.74) is 1.86. The summed E-state index contributed by atoms with van der Waals surface area (Å²) in [6.45, 7) is 4.70. The lowest BCUT2D eigenvalue weighted by molar-refractivity contribution is 0.420. The van der Waals surface area contributed by atoms with E-state index in [1.807, 2.05) is 27.0 Å². The van der Waals surface area contributed by atoms with Crippen LogP contribution in [0.4, 0.5) is 8.78 Å². The molecule has 0 fully saturated rings. The summed E-state index contributed by atoms with van der Waals surface area (Å²) in [6, 6.07) is 6.92. The summed E-state index contributed by atoms with van der Waals surface area (Å²) in [5.74, 6) is -0.902. The zero-order valence-corrected chi connectivity index (χ0v) is 12.3. The molecule has 5 heteroatoms. The molecule has 0 amide bonds. The van der Waals surface area contributed by atoms with Crippen LogP contribution in [0, 0.1) is 11.6 Å². The fraction of sp³-hybridized carbons (Fsp3) is 0.312. The van der Waals surface area contributed by atoms with Gasteiger partial charge in [-0.15, -0.1) is 0 Å². The minimum absolute atomic E-state index is 0.0415. The topological polar surface area (TPSA) is 34.1 Å². The number of pyridine rings is 1. The molecule has 0 saturated heterocycles. The number of hydrogen-bond donors (Lipinski definition) is 1. The van der Waals surface area contributed by atoms with E-state index in [-0.39, 0.29) is 11.7 Å². The maximum absolute atomic E-state index is 13.6. The Morgan fingerprint density at radius 2 is 1.95 bits per heavy atom. The lowest BCUT2D eigenvalue weighted by atomic mass is 10.1. The number of rotatable bonds is 5. The van der Waals surface area contributed by atoms with E-state index in [0.29, 0.717) is 12.4 Å². The summed E-state index contributed by atoms with van der Waals surface area (Å²) >= 11 is 0. The van der Waals surface area contributed by atoms with Crippen LogP contribution in [0.3, 0.4) is 0 Å². The average Bonchev–Trinajstić information content (AvgIpc) is 2.42. The molecular formula is C16H18F2N2O. The molecule has 0 atom stereocenters. The SMILES string of the molecule is CNCc1cc(Oc2ccc(F)cc2F)nc(C(C)C)c1. The summed E-state index contributed by atoms with van der Waals surface area (Å²) in [5, 5.41) is 3.05. The van der Waals surface area contributed by atoms with Crippen LogP contribution in [0.5, 0.6) is 11.6 Å². The third kappa shape index (κ3) is 3.98. The molecular weight excluding hydrogens is 274 g/mol. The Hall–Kier alpha value is -2.01. The Kier molecular flexibility index (Phi) is 4.85. The van der Waals surface area contributed by atoms with E-state index in [1.165, 1.54) is 6.07 Å². The monoisotopic (exact) mass is 292 g/mol. The summed E-state index contributed by atoms with van der Waals surface area (Å²) in [4.78, 5) is 4.36. The molecule has 0 unspecified atom stereocenters. The molecule has 0 saturated carbocycles. The van der Waals surface area contributed by atoms with Gasteiger partial charge >= 0.3 is 0 Å². The van der Waals surface area contributed by atoms with Crippen LogP contribution in [0.2, 0.25) is 0 Å². The highest BCUT2D eigenvalue weighted by Crippen LogP contribution is 2.26. The van der Waals surface area contributed by atoms with Crippen LogP contribution in [-0.2, 0) is 6.54 Å². The zero-order chi connectivity index (χ0) is 15.4. The van der Waals surface area contributed by atoms with Crippen molar-refractivity contribution < 1.29 is 13.5 Å². The quantitative estimate of drug-likeness (QED) is 0.904. The Morgan fingerprint density at radius 1 is 1.19 bits per heavy atom. The first-order valence-corrected chi connectivity index (χ1v) is 6.78. The largest absolute Gasteiger partial charge is 0.436 e. The molecule has 112 valence electrons. The van der Waals surface area contributed by atoms with Crippen molar-refractivity contribution in [1.82, 2.24) is 10.3 Å². The van der Waals surface area contributed by atoms with Crippen molar-refractivity contribution in [2.75, 3.05) is 7.05 Å².